The van der Waals surface area contributed by atoms with Crippen LogP contribution in [0.15, 0.2) is 6.07 Å². The molecule has 98 valence electrons. The van der Waals surface area contributed by atoms with Crippen LogP contribution in [0.1, 0.15) is 24.7 Å². The topological polar surface area (TPSA) is 88.1 Å². The number of nitrogens with two attached hydrogens (primary N) is 1. The maximum atomic E-state index is 7.48. The summed E-state index contributed by atoms with van der Waals surface area (Å²) in [5, 5.41) is 7.48. The standard InChI is InChI=1S/C12H19N5O/c1-3-9-7-18-5-4-17(9)12-15-8(2)6-10(16-12)11(13)14/h6,9H,3-5,7H2,1-2H3,(H3,13,14). The van der Waals surface area contributed by atoms with Crippen molar-refractivity contribution >= 4 is 11.8 Å². The minimum atomic E-state index is -0.0249. The summed E-state index contributed by atoms with van der Waals surface area (Å²) < 4.78 is 5.47. The van der Waals surface area contributed by atoms with Gasteiger partial charge < -0.3 is 15.4 Å². The van der Waals surface area contributed by atoms with Crippen molar-refractivity contribution in [3.05, 3.63) is 17.5 Å². The molecule has 1 unspecified atom stereocenters. The molecule has 2 heterocycles. The molecule has 18 heavy (non-hydrogen) atoms. The zero-order chi connectivity index (χ0) is 13.1. The first-order valence-electron chi connectivity index (χ1n) is 6.16. The molecule has 0 bridgehead atoms. The van der Waals surface area contributed by atoms with E-state index >= 15 is 0 Å². The minimum Gasteiger partial charge on any atom is -0.382 e. The summed E-state index contributed by atoms with van der Waals surface area (Å²) in [5.74, 6) is 0.624. The molecule has 1 aliphatic rings. The quantitative estimate of drug-likeness (QED) is 0.607. The maximum Gasteiger partial charge on any atom is 0.226 e. The number of aryl methyl sites for hydroxylation is 1. The van der Waals surface area contributed by atoms with Crippen LogP contribution in [-0.4, -0.2) is 41.6 Å². The van der Waals surface area contributed by atoms with Crippen LogP contribution in [0.25, 0.3) is 0 Å². The largest absolute Gasteiger partial charge is 0.382 e. The highest BCUT2D eigenvalue weighted by molar-refractivity contribution is 5.93. The van der Waals surface area contributed by atoms with Crippen LogP contribution in [-0.2, 0) is 4.74 Å². The lowest BCUT2D eigenvalue weighted by molar-refractivity contribution is 0.0921. The van der Waals surface area contributed by atoms with Crippen molar-refractivity contribution in [2.45, 2.75) is 26.3 Å². The Bertz CT molecular complexity index is 448. The van der Waals surface area contributed by atoms with Crippen molar-refractivity contribution in [1.82, 2.24) is 9.97 Å². The van der Waals surface area contributed by atoms with Gasteiger partial charge in [0, 0.05) is 12.2 Å². The number of rotatable bonds is 3. The van der Waals surface area contributed by atoms with E-state index in [1.165, 1.54) is 0 Å². The second-order valence-electron chi connectivity index (χ2n) is 4.44. The third-order valence-corrected chi connectivity index (χ3v) is 3.07. The van der Waals surface area contributed by atoms with Crippen molar-refractivity contribution in [3.63, 3.8) is 0 Å². The number of morpholine rings is 1. The van der Waals surface area contributed by atoms with Crippen LogP contribution in [0.4, 0.5) is 5.95 Å². The molecule has 0 amide bonds. The summed E-state index contributed by atoms with van der Waals surface area (Å²) in [6.07, 6.45) is 0.979. The van der Waals surface area contributed by atoms with Gasteiger partial charge >= 0.3 is 0 Å². The van der Waals surface area contributed by atoms with E-state index in [-0.39, 0.29) is 5.84 Å². The van der Waals surface area contributed by atoms with Crippen molar-refractivity contribution in [2.75, 3.05) is 24.7 Å². The van der Waals surface area contributed by atoms with E-state index in [2.05, 4.69) is 21.8 Å². The van der Waals surface area contributed by atoms with Gasteiger partial charge in [-0.05, 0) is 19.4 Å². The van der Waals surface area contributed by atoms with Gasteiger partial charge in [-0.3, -0.25) is 5.41 Å². The molecule has 3 N–H and O–H groups in total. The van der Waals surface area contributed by atoms with E-state index in [0.717, 1.165) is 18.7 Å². The van der Waals surface area contributed by atoms with Crippen LogP contribution in [0, 0.1) is 12.3 Å². The number of hydrogen-bond acceptors (Lipinski definition) is 5. The molecule has 1 aromatic rings. The monoisotopic (exact) mass is 249 g/mol. The molecule has 1 atom stereocenters. The van der Waals surface area contributed by atoms with Crippen LogP contribution < -0.4 is 10.6 Å². The summed E-state index contributed by atoms with van der Waals surface area (Å²) >= 11 is 0. The molecular formula is C12H19N5O. The Morgan fingerprint density at radius 3 is 3.06 bits per heavy atom. The number of hydrogen-bond donors (Lipinski definition) is 2. The van der Waals surface area contributed by atoms with Crippen LogP contribution >= 0.6 is 0 Å². The van der Waals surface area contributed by atoms with E-state index in [1.54, 1.807) is 6.07 Å². The third kappa shape index (κ3) is 2.59. The SMILES string of the molecule is CCC1COCCN1c1nc(C)cc(C(=N)N)n1. The molecule has 1 aliphatic heterocycles. The average Bonchev–Trinajstić information content (AvgIpc) is 2.38. The number of nitrogens with one attached hydrogen (secondary N) is 1. The van der Waals surface area contributed by atoms with Gasteiger partial charge in [-0.1, -0.05) is 6.92 Å². The van der Waals surface area contributed by atoms with Crippen LogP contribution in [0.2, 0.25) is 0 Å². The van der Waals surface area contributed by atoms with Gasteiger partial charge in [-0.2, -0.15) is 0 Å². The second-order valence-corrected chi connectivity index (χ2v) is 4.44. The summed E-state index contributed by atoms with van der Waals surface area (Å²) in [6, 6.07) is 2.02. The molecule has 6 heteroatoms. The van der Waals surface area contributed by atoms with Crippen molar-refractivity contribution in [3.8, 4) is 0 Å². The zero-order valence-electron chi connectivity index (χ0n) is 10.8. The van der Waals surface area contributed by atoms with Gasteiger partial charge in [-0.15, -0.1) is 0 Å². The molecule has 1 aromatic heterocycles. The van der Waals surface area contributed by atoms with E-state index in [0.29, 0.717) is 30.9 Å². The Morgan fingerprint density at radius 1 is 1.61 bits per heavy atom. The van der Waals surface area contributed by atoms with Crippen molar-refractivity contribution in [2.24, 2.45) is 5.73 Å². The maximum absolute atomic E-state index is 7.48. The van der Waals surface area contributed by atoms with Crippen LogP contribution in [0.3, 0.4) is 0 Å². The molecule has 0 radical (unpaired) electrons. The van der Waals surface area contributed by atoms with Crippen molar-refractivity contribution in [1.29, 1.82) is 5.41 Å². The van der Waals surface area contributed by atoms with Gasteiger partial charge in [0.05, 0.1) is 19.3 Å². The van der Waals surface area contributed by atoms with Gasteiger partial charge in [0.25, 0.3) is 0 Å². The van der Waals surface area contributed by atoms with Gasteiger partial charge in [0.2, 0.25) is 5.95 Å². The first-order chi connectivity index (χ1) is 8.61. The predicted molar refractivity (Wildman–Crippen MR) is 70.0 cm³/mol. The lowest BCUT2D eigenvalue weighted by Crippen LogP contribution is -2.46. The Hall–Kier alpha value is -1.69. The summed E-state index contributed by atoms with van der Waals surface area (Å²) in [7, 11) is 0. The number of anilines is 1. The first kappa shape index (κ1) is 12.8. The Morgan fingerprint density at radius 2 is 2.39 bits per heavy atom. The molecular weight excluding hydrogens is 230 g/mol. The molecule has 0 spiro atoms. The Kier molecular flexibility index (Phi) is 3.76. The van der Waals surface area contributed by atoms with E-state index in [4.69, 9.17) is 15.9 Å². The van der Waals surface area contributed by atoms with Gasteiger partial charge in [0.15, 0.2) is 0 Å². The first-order valence-corrected chi connectivity index (χ1v) is 6.16. The molecule has 2 rings (SSSR count). The average molecular weight is 249 g/mol. The Balaban J connectivity index is 2.33. The smallest absolute Gasteiger partial charge is 0.226 e. The number of nitrogens with zero attached hydrogens (tertiary/aromatic N) is 3. The minimum absolute atomic E-state index is 0.0249. The highest BCUT2D eigenvalue weighted by atomic mass is 16.5. The molecule has 1 saturated heterocycles. The summed E-state index contributed by atoms with van der Waals surface area (Å²) in [5.41, 5.74) is 6.81. The number of amidine groups is 1. The Labute approximate surface area is 107 Å². The van der Waals surface area contributed by atoms with E-state index in [1.807, 2.05) is 6.92 Å². The van der Waals surface area contributed by atoms with Crippen molar-refractivity contribution < 1.29 is 4.74 Å². The molecule has 1 fully saturated rings. The van der Waals surface area contributed by atoms with Crippen LogP contribution in [0.5, 0.6) is 0 Å². The lowest BCUT2D eigenvalue weighted by atomic mass is 10.2. The van der Waals surface area contributed by atoms with Gasteiger partial charge in [-0.25, -0.2) is 9.97 Å². The predicted octanol–water partition coefficient (Wildman–Crippen LogP) is 0.684. The normalized spacial score (nSPS) is 19.9. The van der Waals surface area contributed by atoms with E-state index in [9.17, 15) is 0 Å². The fourth-order valence-electron chi connectivity index (χ4n) is 2.08. The third-order valence-electron chi connectivity index (χ3n) is 3.07. The highest BCUT2D eigenvalue weighted by Crippen LogP contribution is 2.18. The number of nitrogen functional groups attached to an aromatic ring is 1. The number of ether oxygens (including phenoxy) is 1. The number of aromatic nitrogens is 2. The second kappa shape index (κ2) is 5.30. The fourth-order valence-corrected chi connectivity index (χ4v) is 2.08. The molecule has 0 aromatic carbocycles. The van der Waals surface area contributed by atoms with Gasteiger partial charge in [0.1, 0.15) is 11.5 Å². The lowest BCUT2D eigenvalue weighted by Gasteiger charge is -2.35. The molecule has 0 aliphatic carbocycles. The highest BCUT2D eigenvalue weighted by Gasteiger charge is 2.24. The summed E-state index contributed by atoms with van der Waals surface area (Å²) in [4.78, 5) is 11.0. The van der Waals surface area contributed by atoms with E-state index < -0.39 is 0 Å². The molecule has 0 saturated carbocycles. The summed E-state index contributed by atoms with van der Waals surface area (Å²) in [6.45, 7) is 6.17. The zero-order valence-corrected chi connectivity index (χ0v) is 10.8. The fraction of sp³-hybridized carbons (Fsp3) is 0.583. The molecule has 6 nitrogen and oxygen atoms in total.